The Morgan fingerprint density at radius 3 is 0.821 bits per heavy atom. The molecule has 4 heteroatoms. The molecule has 0 aliphatic rings. The summed E-state index contributed by atoms with van der Waals surface area (Å²) < 4.78 is 0. The Labute approximate surface area is 422 Å². The van der Waals surface area contributed by atoms with E-state index in [0.29, 0.717) is 12.8 Å². The number of hydrogen-bond acceptors (Lipinski definition) is 3. The van der Waals surface area contributed by atoms with E-state index in [1.807, 2.05) is 0 Å². The fraction of sp³-hybridized carbons (Fsp3) is 0.952. The molecule has 4 nitrogen and oxygen atoms in total. The van der Waals surface area contributed by atoms with E-state index < -0.39 is 12.1 Å². The molecule has 0 aliphatic heterocycles. The van der Waals surface area contributed by atoms with Crippen LogP contribution < -0.4 is 5.32 Å². The van der Waals surface area contributed by atoms with Crippen LogP contribution in [0.5, 0.6) is 0 Å². The van der Waals surface area contributed by atoms with E-state index in [0.717, 1.165) is 25.7 Å². The lowest BCUT2D eigenvalue weighted by Gasteiger charge is -2.22. The number of amides is 1. The zero-order chi connectivity index (χ0) is 48.5. The van der Waals surface area contributed by atoms with E-state index in [-0.39, 0.29) is 12.5 Å². The Bertz CT molecular complexity index is 936. The zero-order valence-electron chi connectivity index (χ0n) is 46.2. The first-order chi connectivity index (χ1) is 33.2. The summed E-state index contributed by atoms with van der Waals surface area (Å²) in [4.78, 5) is 12.5. The van der Waals surface area contributed by atoms with Gasteiger partial charge in [-0.3, -0.25) is 4.79 Å². The van der Waals surface area contributed by atoms with Gasteiger partial charge in [0.05, 0.1) is 18.8 Å². The molecule has 1 amide bonds. The Hall–Kier alpha value is -0.870. The minimum Gasteiger partial charge on any atom is -0.394 e. The number of carbonyl (C=O) groups is 1. The van der Waals surface area contributed by atoms with Crippen LogP contribution in [0.25, 0.3) is 0 Å². The summed E-state index contributed by atoms with van der Waals surface area (Å²) in [5.41, 5.74) is 0. The zero-order valence-corrected chi connectivity index (χ0v) is 46.2. The van der Waals surface area contributed by atoms with Crippen molar-refractivity contribution < 1.29 is 15.0 Å². The van der Waals surface area contributed by atoms with E-state index in [1.165, 1.54) is 315 Å². The minimum absolute atomic E-state index is 0.0233. The van der Waals surface area contributed by atoms with Crippen LogP contribution in [0.4, 0.5) is 0 Å². The smallest absolute Gasteiger partial charge is 0.220 e. The molecule has 0 aromatic carbocycles. The third-order valence-corrected chi connectivity index (χ3v) is 15.0. The lowest BCUT2D eigenvalue weighted by atomic mass is 10.0. The standard InChI is InChI=1S/C63H125NO3/c1-3-5-7-9-11-13-15-17-19-20-21-22-23-24-25-26-27-28-29-30-31-32-33-34-35-36-37-38-39-40-41-42-43-44-45-47-49-51-53-55-57-59-63(67)64-61(60-65)62(66)58-56-54-52-50-48-46-18-16-14-12-10-8-6-4-2/h20-21,61-62,65-66H,3-19,22-60H2,1-2H3,(H,64,67)/b21-20-. The van der Waals surface area contributed by atoms with Crippen LogP contribution in [-0.2, 0) is 4.79 Å². The molecule has 0 heterocycles. The quantitative estimate of drug-likeness (QED) is 0.0420. The first-order valence-corrected chi connectivity index (χ1v) is 31.4. The van der Waals surface area contributed by atoms with Crippen LogP contribution >= 0.6 is 0 Å². The molecule has 0 radical (unpaired) electrons. The fourth-order valence-electron chi connectivity index (χ4n) is 10.2. The first-order valence-electron chi connectivity index (χ1n) is 31.4. The van der Waals surface area contributed by atoms with Crippen molar-refractivity contribution in [3.63, 3.8) is 0 Å². The lowest BCUT2D eigenvalue weighted by Crippen LogP contribution is -2.45. The SMILES string of the molecule is CCCCCCCCCC/C=C\CCCCCCCCCCCCCCCCCCCCCCCCCCCCCCCC(=O)NC(CO)C(O)CCCCCCCCCCCCCCCC. The van der Waals surface area contributed by atoms with Crippen molar-refractivity contribution in [2.75, 3.05) is 6.61 Å². The molecule has 0 saturated carbocycles. The van der Waals surface area contributed by atoms with Gasteiger partial charge in [0.2, 0.25) is 5.91 Å². The third kappa shape index (κ3) is 55.9. The van der Waals surface area contributed by atoms with E-state index in [2.05, 4.69) is 31.3 Å². The molecule has 0 aliphatic carbocycles. The van der Waals surface area contributed by atoms with Gasteiger partial charge in [-0.25, -0.2) is 0 Å². The Balaban J connectivity index is 3.31. The van der Waals surface area contributed by atoms with Gasteiger partial charge in [-0.1, -0.05) is 334 Å². The summed E-state index contributed by atoms with van der Waals surface area (Å²) in [6, 6.07) is -0.531. The van der Waals surface area contributed by atoms with Crippen LogP contribution in [0, 0.1) is 0 Å². The van der Waals surface area contributed by atoms with Crippen molar-refractivity contribution in [1.29, 1.82) is 0 Å². The van der Waals surface area contributed by atoms with Crippen molar-refractivity contribution in [3.05, 3.63) is 12.2 Å². The molecule has 2 atom stereocenters. The minimum atomic E-state index is -0.655. The Morgan fingerprint density at radius 2 is 0.567 bits per heavy atom. The normalized spacial score (nSPS) is 12.7. The molecule has 400 valence electrons. The number of hydrogen-bond donors (Lipinski definition) is 3. The number of allylic oxidation sites excluding steroid dienone is 2. The largest absolute Gasteiger partial charge is 0.394 e. The first kappa shape index (κ1) is 66.1. The predicted molar refractivity (Wildman–Crippen MR) is 299 cm³/mol. The van der Waals surface area contributed by atoms with Crippen LogP contribution in [-0.4, -0.2) is 34.9 Å². The summed E-state index contributed by atoms with van der Waals surface area (Å²) >= 11 is 0. The summed E-state index contributed by atoms with van der Waals surface area (Å²) in [6.45, 7) is 4.39. The van der Waals surface area contributed by atoms with Gasteiger partial charge in [0.15, 0.2) is 0 Å². The molecular weight excluding hydrogens is 819 g/mol. The highest BCUT2D eigenvalue weighted by molar-refractivity contribution is 5.76. The summed E-state index contributed by atoms with van der Waals surface area (Å²) in [5.74, 6) is -0.0233. The van der Waals surface area contributed by atoms with Crippen molar-refractivity contribution in [2.45, 2.75) is 379 Å². The van der Waals surface area contributed by atoms with Gasteiger partial charge in [-0.15, -0.1) is 0 Å². The van der Waals surface area contributed by atoms with Gasteiger partial charge in [-0.2, -0.15) is 0 Å². The average Bonchev–Trinajstić information content (AvgIpc) is 3.33. The number of aliphatic hydroxyl groups is 2. The highest BCUT2D eigenvalue weighted by Crippen LogP contribution is 2.19. The monoisotopic (exact) mass is 944 g/mol. The molecule has 0 saturated heterocycles. The third-order valence-electron chi connectivity index (χ3n) is 15.0. The highest BCUT2D eigenvalue weighted by atomic mass is 16.3. The van der Waals surface area contributed by atoms with Crippen molar-refractivity contribution in [3.8, 4) is 0 Å². The molecular formula is C63H125NO3. The maximum atomic E-state index is 12.5. The molecule has 0 aromatic heterocycles. The summed E-state index contributed by atoms with van der Waals surface area (Å²) in [5, 5.41) is 23.3. The Kier molecular flexibility index (Phi) is 58.7. The van der Waals surface area contributed by atoms with Gasteiger partial charge in [0.1, 0.15) is 0 Å². The van der Waals surface area contributed by atoms with E-state index in [1.54, 1.807) is 0 Å². The van der Waals surface area contributed by atoms with Gasteiger partial charge < -0.3 is 15.5 Å². The van der Waals surface area contributed by atoms with Crippen LogP contribution in [0.1, 0.15) is 367 Å². The molecule has 2 unspecified atom stereocenters. The summed E-state index contributed by atoms with van der Waals surface area (Å²) in [7, 11) is 0. The second-order valence-electron chi connectivity index (χ2n) is 21.8. The molecule has 67 heavy (non-hydrogen) atoms. The maximum absolute atomic E-state index is 12.5. The molecule has 0 rings (SSSR count). The number of rotatable bonds is 59. The van der Waals surface area contributed by atoms with Crippen LogP contribution in [0.3, 0.4) is 0 Å². The molecule has 3 N–H and O–H groups in total. The maximum Gasteiger partial charge on any atom is 0.220 e. The van der Waals surface area contributed by atoms with E-state index >= 15 is 0 Å². The fourth-order valence-corrected chi connectivity index (χ4v) is 10.2. The predicted octanol–water partition coefficient (Wildman–Crippen LogP) is 20.9. The van der Waals surface area contributed by atoms with E-state index in [4.69, 9.17) is 0 Å². The van der Waals surface area contributed by atoms with Crippen LogP contribution in [0.15, 0.2) is 12.2 Å². The van der Waals surface area contributed by atoms with Crippen molar-refractivity contribution in [2.24, 2.45) is 0 Å². The molecule has 0 spiro atoms. The van der Waals surface area contributed by atoms with E-state index in [9.17, 15) is 15.0 Å². The van der Waals surface area contributed by atoms with Gasteiger partial charge >= 0.3 is 0 Å². The van der Waals surface area contributed by atoms with Gasteiger partial charge in [0.25, 0.3) is 0 Å². The van der Waals surface area contributed by atoms with Crippen LogP contribution in [0.2, 0.25) is 0 Å². The van der Waals surface area contributed by atoms with Gasteiger partial charge in [0, 0.05) is 6.42 Å². The second kappa shape index (κ2) is 59.4. The molecule has 0 fully saturated rings. The highest BCUT2D eigenvalue weighted by Gasteiger charge is 2.20. The number of nitrogens with one attached hydrogen (secondary N) is 1. The summed E-state index contributed by atoms with van der Waals surface area (Å²) in [6.07, 6.45) is 78.2. The number of aliphatic hydroxyl groups excluding tert-OH is 2. The number of unbranched alkanes of at least 4 members (excludes halogenated alkanes) is 50. The average molecular weight is 945 g/mol. The van der Waals surface area contributed by atoms with Gasteiger partial charge in [-0.05, 0) is 38.5 Å². The topological polar surface area (TPSA) is 69.6 Å². The Morgan fingerprint density at radius 1 is 0.343 bits per heavy atom. The van der Waals surface area contributed by atoms with Crippen molar-refractivity contribution in [1.82, 2.24) is 5.32 Å². The second-order valence-corrected chi connectivity index (χ2v) is 21.8. The van der Waals surface area contributed by atoms with Crippen molar-refractivity contribution >= 4 is 5.91 Å². The number of carbonyl (C=O) groups excluding carboxylic acids is 1. The molecule has 0 bridgehead atoms. The lowest BCUT2D eigenvalue weighted by molar-refractivity contribution is -0.123. The molecule has 0 aromatic rings.